The third-order valence-corrected chi connectivity index (χ3v) is 5.89. The van der Waals surface area contributed by atoms with Crippen molar-refractivity contribution in [2.75, 3.05) is 54.1 Å². The van der Waals surface area contributed by atoms with Crippen LogP contribution in [0.25, 0.3) is 0 Å². The Bertz CT molecular complexity index is 907. The van der Waals surface area contributed by atoms with Gasteiger partial charge < -0.3 is 28.7 Å². The van der Waals surface area contributed by atoms with Gasteiger partial charge in [0.1, 0.15) is 12.3 Å². The molecule has 1 fully saturated rings. The van der Waals surface area contributed by atoms with Gasteiger partial charge in [0.15, 0.2) is 18.1 Å². The predicted molar refractivity (Wildman–Crippen MR) is 118 cm³/mol. The highest BCUT2D eigenvalue weighted by molar-refractivity contribution is 5.77. The number of nitrogens with one attached hydrogen (secondary N) is 1. The molecular weight excluding hydrogens is 396 g/mol. The van der Waals surface area contributed by atoms with Crippen LogP contribution in [-0.4, -0.2) is 64.9 Å². The Morgan fingerprint density at radius 2 is 1.65 bits per heavy atom. The van der Waals surface area contributed by atoms with Crippen molar-refractivity contribution in [3.63, 3.8) is 0 Å². The first-order chi connectivity index (χ1) is 15.0. The van der Waals surface area contributed by atoms with Crippen LogP contribution in [0, 0.1) is 13.8 Å². The van der Waals surface area contributed by atoms with Crippen molar-refractivity contribution < 1.29 is 28.6 Å². The quantitative estimate of drug-likeness (QED) is 0.691. The lowest BCUT2D eigenvalue weighted by Gasteiger charge is -2.32. The molecule has 1 amide bonds. The maximum atomic E-state index is 12.6. The van der Waals surface area contributed by atoms with E-state index in [1.54, 1.807) is 21.3 Å². The molecule has 3 rings (SSSR count). The van der Waals surface area contributed by atoms with Crippen molar-refractivity contribution in [3.05, 3.63) is 47.0 Å². The Hall–Kier alpha value is -2.93. The average molecular weight is 430 g/mol. The Kier molecular flexibility index (Phi) is 7.63. The van der Waals surface area contributed by atoms with Gasteiger partial charge in [-0.15, -0.1) is 0 Å². The molecule has 0 bridgehead atoms. The van der Waals surface area contributed by atoms with E-state index in [0.29, 0.717) is 30.3 Å². The van der Waals surface area contributed by atoms with Crippen LogP contribution >= 0.6 is 0 Å². The number of quaternary nitrogens is 1. The molecule has 168 valence electrons. The van der Waals surface area contributed by atoms with Gasteiger partial charge in [-0.05, 0) is 49.2 Å². The maximum Gasteiger partial charge on any atom is 0.260 e. The molecule has 1 aliphatic heterocycles. The summed E-state index contributed by atoms with van der Waals surface area (Å²) in [5.41, 5.74) is 3.43. The third kappa shape index (κ3) is 5.41. The number of ether oxygens (including phenoxy) is 4. The summed E-state index contributed by atoms with van der Waals surface area (Å²) >= 11 is 0. The topological polar surface area (TPSA) is 61.7 Å². The van der Waals surface area contributed by atoms with E-state index in [0.717, 1.165) is 36.5 Å². The fourth-order valence-electron chi connectivity index (χ4n) is 3.86. The Morgan fingerprint density at radius 3 is 2.26 bits per heavy atom. The molecule has 0 radical (unpaired) electrons. The SMILES string of the molecule is COc1ccc(C[NH+]2CCN(C(=O)COc3ccc(C)c(C)c3)CC2)c(OC)c1OC. The number of hydrogen-bond acceptors (Lipinski definition) is 5. The van der Waals surface area contributed by atoms with Gasteiger partial charge in [-0.25, -0.2) is 0 Å². The average Bonchev–Trinajstić information content (AvgIpc) is 2.79. The van der Waals surface area contributed by atoms with E-state index in [9.17, 15) is 4.79 Å². The molecule has 1 aliphatic rings. The van der Waals surface area contributed by atoms with Gasteiger partial charge in [-0.3, -0.25) is 4.79 Å². The summed E-state index contributed by atoms with van der Waals surface area (Å²) in [7, 11) is 4.87. The molecular formula is C24H33N2O5+. The second kappa shape index (κ2) is 10.4. The van der Waals surface area contributed by atoms with Crippen LogP contribution in [0.1, 0.15) is 16.7 Å². The van der Waals surface area contributed by atoms with Crippen molar-refractivity contribution in [3.8, 4) is 23.0 Å². The Morgan fingerprint density at radius 1 is 0.935 bits per heavy atom. The van der Waals surface area contributed by atoms with Gasteiger partial charge in [0.25, 0.3) is 5.91 Å². The van der Waals surface area contributed by atoms with Crippen molar-refractivity contribution in [1.29, 1.82) is 0 Å². The lowest BCUT2D eigenvalue weighted by molar-refractivity contribution is -0.917. The molecule has 2 aromatic rings. The zero-order valence-corrected chi connectivity index (χ0v) is 19.1. The van der Waals surface area contributed by atoms with Gasteiger partial charge in [-0.2, -0.15) is 0 Å². The zero-order valence-electron chi connectivity index (χ0n) is 19.1. The zero-order chi connectivity index (χ0) is 22.4. The largest absolute Gasteiger partial charge is 0.493 e. The van der Waals surface area contributed by atoms with Crippen LogP contribution in [0.2, 0.25) is 0 Å². The van der Waals surface area contributed by atoms with Crippen LogP contribution in [0.4, 0.5) is 0 Å². The lowest BCUT2D eigenvalue weighted by atomic mass is 10.1. The normalized spacial score (nSPS) is 14.3. The summed E-state index contributed by atoms with van der Waals surface area (Å²) in [6.07, 6.45) is 0. The smallest absolute Gasteiger partial charge is 0.260 e. The van der Waals surface area contributed by atoms with Crippen LogP contribution < -0.4 is 23.8 Å². The summed E-state index contributed by atoms with van der Waals surface area (Å²) in [4.78, 5) is 15.9. The van der Waals surface area contributed by atoms with E-state index >= 15 is 0 Å². The van der Waals surface area contributed by atoms with Crippen LogP contribution in [-0.2, 0) is 11.3 Å². The van der Waals surface area contributed by atoms with Crippen molar-refractivity contribution in [1.82, 2.24) is 4.90 Å². The summed E-state index contributed by atoms with van der Waals surface area (Å²) in [6.45, 7) is 8.12. The van der Waals surface area contributed by atoms with Gasteiger partial charge in [-0.1, -0.05) is 6.07 Å². The molecule has 0 aliphatic carbocycles. The third-order valence-electron chi connectivity index (χ3n) is 5.89. The first kappa shape index (κ1) is 22.7. The van der Waals surface area contributed by atoms with E-state index in [1.165, 1.54) is 10.5 Å². The molecule has 0 aromatic heterocycles. The van der Waals surface area contributed by atoms with E-state index in [4.69, 9.17) is 18.9 Å². The first-order valence-electron chi connectivity index (χ1n) is 10.6. The minimum absolute atomic E-state index is 0.0287. The maximum absolute atomic E-state index is 12.6. The van der Waals surface area contributed by atoms with Crippen LogP contribution in [0.3, 0.4) is 0 Å². The second-order valence-corrected chi connectivity index (χ2v) is 7.84. The number of carbonyl (C=O) groups excluding carboxylic acids is 1. The van der Waals surface area contributed by atoms with Gasteiger partial charge in [0.2, 0.25) is 5.75 Å². The highest BCUT2D eigenvalue weighted by Gasteiger charge is 2.26. The summed E-state index contributed by atoms with van der Waals surface area (Å²) in [6, 6.07) is 9.82. The number of nitrogens with zero attached hydrogens (tertiary/aromatic N) is 1. The Labute approximate surface area is 184 Å². The first-order valence-corrected chi connectivity index (χ1v) is 10.6. The number of carbonyl (C=O) groups is 1. The van der Waals surface area contributed by atoms with E-state index in [1.807, 2.05) is 42.2 Å². The molecule has 0 spiro atoms. The van der Waals surface area contributed by atoms with Crippen molar-refractivity contribution in [2.24, 2.45) is 0 Å². The molecule has 2 aromatic carbocycles. The number of methoxy groups -OCH3 is 3. The van der Waals surface area contributed by atoms with E-state index < -0.39 is 0 Å². The second-order valence-electron chi connectivity index (χ2n) is 7.84. The molecule has 31 heavy (non-hydrogen) atoms. The minimum atomic E-state index is 0.0287. The fourth-order valence-corrected chi connectivity index (χ4v) is 3.86. The van der Waals surface area contributed by atoms with Gasteiger partial charge in [0.05, 0.1) is 53.1 Å². The molecule has 7 nitrogen and oxygen atoms in total. The Balaban J connectivity index is 1.53. The number of benzene rings is 2. The molecule has 7 heteroatoms. The van der Waals surface area contributed by atoms with Crippen molar-refractivity contribution >= 4 is 5.91 Å². The predicted octanol–water partition coefficient (Wildman–Crippen LogP) is 1.64. The van der Waals surface area contributed by atoms with Crippen molar-refractivity contribution in [2.45, 2.75) is 20.4 Å². The fraction of sp³-hybridized carbons (Fsp3) is 0.458. The number of piperazine rings is 1. The lowest BCUT2D eigenvalue weighted by Crippen LogP contribution is -3.13. The van der Waals surface area contributed by atoms with Crippen LogP contribution in [0.5, 0.6) is 23.0 Å². The molecule has 0 unspecified atom stereocenters. The molecule has 1 saturated heterocycles. The van der Waals surface area contributed by atoms with E-state index in [-0.39, 0.29) is 12.5 Å². The molecule has 0 saturated carbocycles. The standard InChI is InChI=1S/C24H32N2O5/c1-17-6-8-20(14-18(17)2)31-16-22(27)26-12-10-25(11-13-26)15-19-7-9-21(28-3)24(30-5)23(19)29-4/h6-9,14H,10-13,15-16H2,1-5H3/p+1. The van der Waals surface area contributed by atoms with Gasteiger partial charge >= 0.3 is 0 Å². The molecule has 1 N–H and O–H groups in total. The molecule has 1 heterocycles. The summed E-state index contributed by atoms with van der Waals surface area (Å²) < 4.78 is 22.2. The number of amides is 1. The summed E-state index contributed by atoms with van der Waals surface area (Å²) in [5, 5.41) is 0. The number of rotatable bonds is 8. The highest BCUT2D eigenvalue weighted by Crippen LogP contribution is 2.39. The monoisotopic (exact) mass is 429 g/mol. The number of aryl methyl sites for hydroxylation is 2. The van der Waals surface area contributed by atoms with Crippen LogP contribution in [0.15, 0.2) is 30.3 Å². The van der Waals surface area contributed by atoms with Gasteiger partial charge in [0, 0.05) is 0 Å². The van der Waals surface area contributed by atoms with E-state index in [2.05, 4.69) is 6.92 Å². The number of hydrogen-bond donors (Lipinski definition) is 1. The highest BCUT2D eigenvalue weighted by atomic mass is 16.5. The molecule has 0 atom stereocenters. The minimum Gasteiger partial charge on any atom is -0.493 e. The summed E-state index contributed by atoms with van der Waals surface area (Å²) in [5.74, 6) is 2.73.